The molecule has 1 fully saturated rings. The molecule has 0 radical (unpaired) electrons. The van der Waals surface area contributed by atoms with E-state index in [1.165, 1.54) is 0 Å². The number of carbonyl (C=O) groups is 1. The van der Waals surface area contributed by atoms with Gasteiger partial charge in [-0.1, -0.05) is 23.7 Å². The minimum atomic E-state index is -0.0550. The highest BCUT2D eigenvalue weighted by Crippen LogP contribution is 2.31. The summed E-state index contributed by atoms with van der Waals surface area (Å²) in [4.78, 5) is 14.9. The van der Waals surface area contributed by atoms with Gasteiger partial charge < -0.3 is 19.7 Å². The molecule has 2 aromatic carbocycles. The lowest BCUT2D eigenvalue weighted by Crippen LogP contribution is -2.38. The van der Waals surface area contributed by atoms with Gasteiger partial charge in [0.05, 0.1) is 19.9 Å². The number of nitrogens with one attached hydrogen (secondary N) is 1. The van der Waals surface area contributed by atoms with Crippen molar-refractivity contribution >= 4 is 29.0 Å². The number of hydrogen-bond donors (Lipinski definition) is 1. The van der Waals surface area contributed by atoms with Crippen LogP contribution in [-0.2, 0) is 4.79 Å². The molecule has 7 nitrogen and oxygen atoms in total. The Balaban J connectivity index is 1.33. The van der Waals surface area contributed by atoms with Gasteiger partial charge in [0, 0.05) is 41.3 Å². The zero-order valence-corrected chi connectivity index (χ0v) is 18.8. The van der Waals surface area contributed by atoms with E-state index in [2.05, 4.69) is 20.4 Å². The molecule has 3 aromatic rings. The summed E-state index contributed by atoms with van der Waals surface area (Å²) in [7, 11) is 3.16. The normalized spacial score (nSPS) is 14.2. The van der Waals surface area contributed by atoms with Crippen LogP contribution in [0.5, 0.6) is 11.5 Å². The van der Waals surface area contributed by atoms with E-state index in [0.29, 0.717) is 22.2 Å². The second-order valence-electron chi connectivity index (χ2n) is 7.60. The Morgan fingerprint density at radius 1 is 0.969 bits per heavy atom. The lowest BCUT2D eigenvalue weighted by molar-refractivity contribution is -0.120. The quantitative estimate of drug-likeness (QED) is 0.585. The number of aromatic nitrogens is 2. The van der Waals surface area contributed by atoms with Crippen LogP contribution in [0.3, 0.4) is 0 Å². The van der Waals surface area contributed by atoms with Crippen LogP contribution in [0.2, 0.25) is 5.02 Å². The predicted octanol–water partition coefficient (Wildman–Crippen LogP) is 4.67. The lowest BCUT2D eigenvalue weighted by atomic mass is 9.95. The van der Waals surface area contributed by atoms with Crippen molar-refractivity contribution in [2.24, 2.45) is 5.92 Å². The minimum absolute atomic E-state index is 0.0149. The Bertz CT molecular complexity index is 1070. The average molecular weight is 453 g/mol. The Labute approximate surface area is 192 Å². The molecule has 0 unspecified atom stereocenters. The second-order valence-corrected chi connectivity index (χ2v) is 8.04. The number of anilines is 2. The minimum Gasteiger partial charge on any atom is -0.493 e. The molecule has 0 saturated carbocycles. The number of methoxy groups -OCH3 is 2. The van der Waals surface area contributed by atoms with Gasteiger partial charge in [-0.3, -0.25) is 4.79 Å². The van der Waals surface area contributed by atoms with Gasteiger partial charge in [-0.15, -0.1) is 10.2 Å². The topological polar surface area (TPSA) is 76.6 Å². The summed E-state index contributed by atoms with van der Waals surface area (Å²) in [5, 5.41) is 12.4. The standard InChI is InChI=1S/C24H25ClN4O3/c1-31-21-9-7-19(15-22(21)32-2)26-24(30)17-11-13-29(14-12-17)23-10-8-20(27-28-23)16-3-5-18(25)6-4-16/h3-10,15,17H,11-14H2,1-2H3,(H,26,30). The maximum absolute atomic E-state index is 12.8. The van der Waals surface area contributed by atoms with Crippen LogP contribution in [0.25, 0.3) is 11.3 Å². The van der Waals surface area contributed by atoms with Crippen LogP contribution in [0, 0.1) is 5.92 Å². The molecule has 32 heavy (non-hydrogen) atoms. The number of benzene rings is 2. The average Bonchev–Trinajstić information content (AvgIpc) is 2.84. The van der Waals surface area contributed by atoms with Gasteiger partial charge in [-0.2, -0.15) is 0 Å². The van der Waals surface area contributed by atoms with E-state index in [-0.39, 0.29) is 11.8 Å². The van der Waals surface area contributed by atoms with Crippen LogP contribution in [0.1, 0.15) is 12.8 Å². The van der Waals surface area contributed by atoms with Crippen molar-refractivity contribution in [2.45, 2.75) is 12.8 Å². The molecule has 0 bridgehead atoms. The fourth-order valence-electron chi connectivity index (χ4n) is 3.80. The third-order valence-electron chi connectivity index (χ3n) is 5.63. The van der Waals surface area contributed by atoms with E-state index >= 15 is 0 Å². The van der Waals surface area contributed by atoms with E-state index in [0.717, 1.165) is 43.0 Å². The fourth-order valence-corrected chi connectivity index (χ4v) is 3.92. The molecule has 1 aliphatic rings. The number of halogens is 1. The monoisotopic (exact) mass is 452 g/mol. The first-order valence-electron chi connectivity index (χ1n) is 10.4. The summed E-state index contributed by atoms with van der Waals surface area (Å²) in [5.41, 5.74) is 2.47. The van der Waals surface area contributed by atoms with E-state index in [1.54, 1.807) is 26.4 Å². The Morgan fingerprint density at radius 3 is 2.31 bits per heavy atom. The van der Waals surface area contributed by atoms with Crippen LogP contribution < -0.4 is 19.7 Å². The van der Waals surface area contributed by atoms with Crippen molar-refractivity contribution in [1.82, 2.24) is 10.2 Å². The Hall–Kier alpha value is -3.32. The van der Waals surface area contributed by atoms with Crippen molar-refractivity contribution in [3.63, 3.8) is 0 Å². The predicted molar refractivity (Wildman–Crippen MR) is 126 cm³/mol. The third-order valence-corrected chi connectivity index (χ3v) is 5.88. The number of rotatable bonds is 6. The van der Waals surface area contributed by atoms with Gasteiger partial charge in [0.2, 0.25) is 5.91 Å². The molecule has 2 heterocycles. The fraction of sp³-hybridized carbons (Fsp3) is 0.292. The molecule has 0 atom stereocenters. The van der Waals surface area contributed by atoms with Crippen molar-refractivity contribution in [3.05, 3.63) is 59.6 Å². The molecule has 1 amide bonds. The molecule has 8 heteroatoms. The van der Waals surface area contributed by atoms with Gasteiger partial charge in [0.15, 0.2) is 17.3 Å². The third kappa shape index (κ3) is 4.94. The molecular weight excluding hydrogens is 428 g/mol. The van der Waals surface area contributed by atoms with Gasteiger partial charge in [-0.25, -0.2) is 0 Å². The smallest absolute Gasteiger partial charge is 0.227 e. The van der Waals surface area contributed by atoms with Crippen LogP contribution in [0.15, 0.2) is 54.6 Å². The van der Waals surface area contributed by atoms with E-state index in [1.807, 2.05) is 42.5 Å². The number of amides is 1. The summed E-state index contributed by atoms with van der Waals surface area (Å²) < 4.78 is 10.6. The highest BCUT2D eigenvalue weighted by molar-refractivity contribution is 6.30. The summed E-state index contributed by atoms with van der Waals surface area (Å²) in [6.45, 7) is 1.50. The maximum Gasteiger partial charge on any atom is 0.227 e. The SMILES string of the molecule is COc1ccc(NC(=O)C2CCN(c3ccc(-c4ccc(Cl)cc4)nn3)CC2)cc1OC. The molecule has 1 saturated heterocycles. The molecule has 1 aromatic heterocycles. The summed E-state index contributed by atoms with van der Waals surface area (Å²) in [6, 6.07) is 16.8. The Morgan fingerprint density at radius 2 is 1.69 bits per heavy atom. The number of hydrogen-bond acceptors (Lipinski definition) is 6. The number of ether oxygens (including phenoxy) is 2. The number of piperidine rings is 1. The summed E-state index contributed by atoms with van der Waals surface area (Å²) in [5.74, 6) is 1.99. The second kappa shape index (κ2) is 9.87. The number of carbonyl (C=O) groups excluding carboxylic acids is 1. The zero-order chi connectivity index (χ0) is 22.5. The van der Waals surface area contributed by atoms with Crippen molar-refractivity contribution in [3.8, 4) is 22.8 Å². The lowest BCUT2D eigenvalue weighted by Gasteiger charge is -2.31. The van der Waals surface area contributed by atoms with Crippen LogP contribution in [0.4, 0.5) is 11.5 Å². The molecular formula is C24H25ClN4O3. The summed E-state index contributed by atoms with van der Waals surface area (Å²) >= 11 is 5.95. The molecule has 0 spiro atoms. The van der Waals surface area contributed by atoms with Gasteiger partial charge in [0.1, 0.15) is 0 Å². The highest BCUT2D eigenvalue weighted by Gasteiger charge is 2.26. The first-order valence-corrected chi connectivity index (χ1v) is 10.8. The Kier molecular flexibility index (Phi) is 6.75. The van der Waals surface area contributed by atoms with E-state index in [4.69, 9.17) is 21.1 Å². The van der Waals surface area contributed by atoms with Crippen molar-refractivity contribution < 1.29 is 14.3 Å². The molecule has 1 N–H and O–H groups in total. The zero-order valence-electron chi connectivity index (χ0n) is 18.0. The van der Waals surface area contributed by atoms with Crippen molar-refractivity contribution in [1.29, 1.82) is 0 Å². The van der Waals surface area contributed by atoms with Gasteiger partial charge >= 0.3 is 0 Å². The van der Waals surface area contributed by atoms with Crippen LogP contribution >= 0.6 is 11.6 Å². The first-order chi connectivity index (χ1) is 15.6. The maximum atomic E-state index is 12.8. The van der Waals surface area contributed by atoms with Gasteiger partial charge in [-0.05, 0) is 49.2 Å². The van der Waals surface area contributed by atoms with Gasteiger partial charge in [0.25, 0.3) is 0 Å². The van der Waals surface area contributed by atoms with Crippen LogP contribution in [-0.4, -0.2) is 43.4 Å². The molecule has 4 rings (SSSR count). The highest BCUT2D eigenvalue weighted by atomic mass is 35.5. The first kappa shape index (κ1) is 21.9. The largest absolute Gasteiger partial charge is 0.493 e. The molecule has 166 valence electrons. The summed E-state index contributed by atoms with van der Waals surface area (Å²) in [6.07, 6.45) is 1.50. The van der Waals surface area contributed by atoms with E-state index in [9.17, 15) is 4.79 Å². The van der Waals surface area contributed by atoms with E-state index < -0.39 is 0 Å². The number of nitrogens with zero attached hydrogens (tertiary/aromatic N) is 3. The van der Waals surface area contributed by atoms with Crippen molar-refractivity contribution in [2.75, 3.05) is 37.5 Å². The molecule has 1 aliphatic heterocycles. The molecule has 0 aliphatic carbocycles.